The van der Waals surface area contributed by atoms with Crippen molar-refractivity contribution in [2.24, 2.45) is 5.92 Å². The van der Waals surface area contributed by atoms with Crippen LogP contribution in [0.2, 0.25) is 0 Å². The lowest BCUT2D eigenvalue weighted by atomic mass is 10.1. The van der Waals surface area contributed by atoms with E-state index < -0.39 is 5.92 Å². The maximum atomic E-state index is 12.8. The molecule has 0 heterocycles. The van der Waals surface area contributed by atoms with Crippen LogP contribution in [0.1, 0.15) is 23.6 Å². The van der Waals surface area contributed by atoms with E-state index in [1.807, 2.05) is 62.4 Å². The van der Waals surface area contributed by atoms with Crippen molar-refractivity contribution in [1.29, 1.82) is 0 Å². The van der Waals surface area contributed by atoms with E-state index in [2.05, 4.69) is 0 Å². The van der Waals surface area contributed by atoms with Crippen LogP contribution in [-0.4, -0.2) is 43.6 Å². The summed E-state index contributed by atoms with van der Waals surface area (Å²) in [6, 6.07) is 15.7. The van der Waals surface area contributed by atoms with E-state index in [-0.39, 0.29) is 18.5 Å². The molecule has 0 radical (unpaired) electrons. The number of aryl methyl sites for hydroxylation is 1. The van der Waals surface area contributed by atoms with Crippen molar-refractivity contribution in [2.75, 3.05) is 26.8 Å². The smallest absolute Gasteiger partial charge is 0.310 e. The number of carbonyl (C=O) groups is 2. The van der Waals surface area contributed by atoms with Gasteiger partial charge in [0.2, 0.25) is 0 Å². The number of benzene rings is 2. The third kappa shape index (κ3) is 6.12. The van der Waals surface area contributed by atoms with Crippen LogP contribution < -0.4 is 4.74 Å². The second-order valence-corrected chi connectivity index (χ2v) is 6.99. The quantitative estimate of drug-likeness (QED) is 0.621. The summed E-state index contributed by atoms with van der Waals surface area (Å²) >= 11 is 0. The predicted octanol–water partition coefficient (Wildman–Crippen LogP) is 3.56. The first-order chi connectivity index (χ1) is 13.4. The highest BCUT2D eigenvalue weighted by molar-refractivity contribution is 5.79. The summed E-state index contributed by atoms with van der Waals surface area (Å²) in [6.45, 7) is 6.50. The summed E-state index contributed by atoms with van der Waals surface area (Å²) in [4.78, 5) is 26.3. The number of nitrogens with zero attached hydrogens (tertiary/aromatic N) is 1. The SMILES string of the molecule is COC(=O)C(C)CN(CCc1ccccc1)C(=O)COc1cccc(C)c1C. The molecule has 1 unspecified atom stereocenters. The number of hydrogen-bond acceptors (Lipinski definition) is 4. The lowest BCUT2D eigenvalue weighted by Crippen LogP contribution is -2.41. The van der Waals surface area contributed by atoms with Crippen LogP contribution in [0.15, 0.2) is 48.5 Å². The summed E-state index contributed by atoms with van der Waals surface area (Å²) < 4.78 is 10.6. The fraction of sp³-hybridized carbons (Fsp3) is 0.391. The molecule has 5 nitrogen and oxygen atoms in total. The number of carbonyl (C=O) groups excluding carboxylic acids is 2. The molecule has 0 aromatic heterocycles. The molecule has 2 aromatic rings. The summed E-state index contributed by atoms with van der Waals surface area (Å²) in [5.74, 6) is -0.164. The Morgan fingerprint density at radius 2 is 1.75 bits per heavy atom. The van der Waals surface area contributed by atoms with Crippen molar-refractivity contribution >= 4 is 11.9 Å². The first-order valence-corrected chi connectivity index (χ1v) is 9.51. The van der Waals surface area contributed by atoms with Crippen LogP contribution in [0, 0.1) is 19.8 Å². The maximum Gasteiger partial charge on any atom is 0.310 e. The first kappa shape index (κ1) is 21.5. The molecule has 0 fully saturated rings. The molecule has 0 aliphatic rings. The first-order valence-electron chi connectivity index (χ1n) is 9.51. The molecule has 0 saturated heterocycles. The van der Waals surface area contributed by atoms with Crippen molar-refractivity contribution in [3.8, 4) is 5.75 Å². The highest BCUT2D eigenvalue weighted by atomic mass is 16.5. The van der Waals surface area contributed by atoms with Crippen LogP contribution in [0.25, 0.3) is 0 Å². The van der Waals surface area contributed by atoms with Gasteiger partial charge in [0.25, 0.3) is 5.91 Å². The van der Waals surface area contributed by atoms with E-state index in [0.717, 1.165) is 16.7 Å². The van der Waals surface area contributed by atoms with Gasteiger partial charge >= 0.3 is 5.97 Å². The molecule has 28 heavy (non-hydrogen) atoms. The van der Waals surface area contributed by atoms with E-state index in [1.54, 1.807) is 11.8 Å². The second-order valence-electron chi connectivity index (χ2n) is 6.99. The molecule has 0 aliphatic carbocycles. The van der Waals surface area contributed by atoms with Crippen LogP contribution in [-0.2, 0) is 20.7 Å². The van der Waals surface area contributed by atoms with E-state index in [0.29, 0.717) is 25.3 Å². The molecule has 1 atom stereocenters. The van der Waals surface area contributed by atoms with Gasteiger partial charge in [-0.2, -0.15) is 0 Å². The molecule has 150 valence electrons. The standard InChI is InChI=1S/C23H29NO4/c1-17-9-8-12-21(19(17)3)28-16-22(25)24(15-18(2)23(26)27-4)14-13-20-10-6-5-7-11-20/h5-12,18H,13-16H2,1-4H3. The number of rotatable bonds is 9. The largest absolute Gasteiger partial charge is 0.483 e. The number of methoxy groups -OCH3 is 1. The van der Waals surface area contributed by atoms with Gasteiger partial charge in [0, 0.05) is 13.1 Å². The minimum atomic E-state index is -0.398. The third-order valence-electron chi connectivity index (χ3n) is 4.87. The lowest BCUT2D eigenvalue weighted by Gasteiger charge is -2.25. The van der Waals surface area contributed by atoms with Crippen molar-refractivity contribution in [3.63, 3.8) is 0 Å². The number of hydrogen-bond donors (Lipinski definition) is 0. The van der Waals surface area contributed by atoms with Crippen molar-refractivity contribution in [3.05, 3.63) is 65.2 Å². The Morgan fingerprint density at radius 3 is 2.43 bits per heavy atom. The Morgan fingerprint density at radius 1 is 1.04 bits per heavy atom. The molecule has 0 N–H and O–H groups in total. The zero-order valence-electron chi connectivity index (χ0n) is 17.1. The van der Waals surface area contributed by atoms with E-state index in [1.165, 1.54) is 7.11 Å². The average Bonchev–Trinajstić information content (AvgIpc) is 2.71. The number of ether oxygens (including phenoxy) is 2. The maximum absolute atomic E-state index is 12.8. The minimum absolute atomic E-state index is 0.0625. The number of amides is 1. The Labute approximate surface area is 167 Å². The molecule has 0 spiro atoms. The topological polar surface area (TPSA) is 55.8 Å². The van der Waals surface area contributed by atoms with Crippen LogP contribution in [0.5, 0.6) is 5.75 Å². The Balaban J connectivity index is 2.04. The van der Waals surface area contributed by atoms with E-state index in [9.17, 15) is 9.59 Å². The molecule has 0 saturated carbocycles. The van der Waals surface area contributed by atoms with Gasteiger partial charge in [-0.25, -0.2) is 0 Å². The van der Waals surface area contributed by atoms with Crippen LogP contribution in [0.4, 0.5) is 0 Å². The van der Waals surface area contributed by atoms with Gasteiger partial charge in [0.15, 0.2) is 6.61 Å². The summed E-state index contributed by atoms with van der Waals surface area (Å²) in [5.41, 5.74) is 3.28. The molecule has 1 amide bonds. The van der Waals surface area contributed by atoms with Gasteiger partial charge in [-0.05, 0) is 43.0 Å². The zero-order chi connectivity index (χ0) is 20.5. The zero-order valence-corrected chi connectivity index (χ0v) is 17.1. The molecular formula is C23H29NO4. The lowest BCUT2D eigenvalue weighted by molar-refractivity contribution is -0.146. The highest BCUT2D eigenvalue weighted by Crippen LogP contribution is 2.20. The van der Waals surface area contributed by atoms with Crippen molar-refractivity contribution in [2.45, 2.75) is 27.2 Å². The summed E-state index contributed by atoms with van der Waals surface area (Å²) in [5, 5.41) is 0. The van der Waals surface area contributed by atoms with Crippen LogP contribution in [0.3, 0.4) is 0 Å². The minimum Gasteiger partial charge on any atom is -0.483 e. The van der Waals surface area contributed by atoms with Crippen molar-refractivity contribution in [1.82, 2.24) is 4.90 Å². The Hall–Kier alpha value is -2.82. The molecule has 0 bridgehead atoms. The second kappa shape index (κ2) is 10.5. The van der Waals surface area contributed by atoms with Gasteiger partial charge in [-0.3, -0.25) is 9.59 Å². The fourth-order valence-electron chi connectivity index (χ4n) is 2.94. The molecule has 2 aromatic carbocycles. The van der Waals surface area contributed by atoms with E-state index in [4.69, 9.17) is 9.47 Å². The molecule has 2 rings (SSSR count). The summed E-state index contributed by atoms with van der Waals surface area (Å²) in [7, 11) is 1.36. The van der Waals surface area contributed by atoms with Gasteiger partial charge in [-0.1, -0.05) is 49.4 Å². The average molecular weight is 383 g/mol. The predicted molar refractivity (Wildman–Crippen MR) is 109 cm³/mol. The van der Waals surface area contributed by atoms with Gasteiger partial charge in [0.05, 0.1) is 13.0 Å². The highest BCUT2D eigenvalue weighted by Gasteiger charge is 2.22. The van der Waals surface area contributed by atoms with Crippen molar-refractivity contribution < 1.29 is 19.1 Å². The molecule has 0 aliphatic heterocycles. The monoisotopic (exact) mass is 383 g/mol. The van der Waals surface area contributed by atoms with E-state index >= 15 is 0 Å². The van der Waals surface area contributed by atoms with Gasteiger partial charge in [0.1, 0.15) is 5.75 Å². The Kier molecular flexibility index (Phi) is 8.05. The number of esters is 1. The van der Waals surface area contributed by atoms with Crippen LogP contribution >= 0.6 is 0 Å². The molecular weight excluding hydrogens is 354 g/mol. The Bertz CT molecular complexity index is 788. The fourth-order valence-corrected chi connectivity index (χ4v) is 2.94. The van der Waals surface area contributed by atoms with Gasteiger partial charge in [-0.15, -0.1) is 0 Å². The normalized spacial score (nSPS) is 11.6. The third-order valence-corrected chi connectivity index (χ3v) is 4.87. The molecule has 5 heteroatoms. The van der Waals surface area contributed by atoms with Gasteiger partial charge < -0.3 is 14.4 Å². The summed E-state index contributed by atoms with van der Waals surface area (Å²) in [6.07, 6.45) is 0.712.